The number of aromatic nitrogens is 1. The molecule has 2 aromatic rings. The Morgan fingerprint density at radius 2 is 2.04 bits per heavy atom. The highest BCUT2D eigenvalue weighted by Gasteiger charge is 2.35. The molecule has 3 rings (SSSR count). The van der Waals surface area contributed by atoms with Crippen LogP contribution < -0.4 is 9.47 Å². The monoisotopic (exact) mass is 362 g/mol. The van der Waals surface area contributed by atoms with Crippen LogP contribution >= 0.6 is 11.3 Å². The fourth-order valence-corrected chi connectivity index (χ4v) is 4.31. The first-order valence-corrected chi connectivity index (χ1v) is 9.43. The van der Waals surface area contributed by atoms with Crippen molar-refractivity contribution in [1.82, 2.24) is 9.88 Å². The zero-order chi connectivity index (χ0) is 18.0. The van der Waals surface area contributed by atoms with Crippen LogP contribution in [0.4, 0.5) is 0 Å². The van der Waals surface area contributed by atoms with Gasteiger partial charge < -0.3 is 14.6 Å². The zero-order valence-corrected chi connectivity index (χ0v) is 16.1. The average Bonchev–Trinajstić information content (AvgIpc) is 3.23. The summed E-state index contributed by atoms with van der Waals surface area (Å²) in [6.07, 6.45) is 2.16. The topological polar surface area (TPSA) is 54.8 Å². The molecule has 1 aromatic heterocycles. The van der Waals surface area contributed by atoms with E-state index in [0.717, 1.165) is 42.2 Å². The largest absolute Gasteiger partial charge is 0.493 e. The summed E-state index contributed by atoms with van der Waals surface area (Å²) in [6.45, 7) is 5.58. The Balaban J connectivity index is 1.77. The molecule has 0 bridgehead atoms. The third-order valence-electron chi connectivity index (χ3n) is 4.73. The van der Waals surface area contributed by atoms with E-state index in [1.165, 1.54) is 0 Å². The molecule has 1 saturated heterocycles. The van der Waals surface area contributed by atoms with Gasteiger partial charge in [-0.2, -0.15) is 0 Å². The number of aliphatic hydroxyl groups is 1. The minimum Gasteiger partial charge on any atom is -0.493 e. The number of thiazole rings is 1. The minimum absolute atomic E-state index is 0.193. The first kappa shape index (κ1) is 18.2. The Kier molecular flexibility index (Phi) is 5.32. The molecule has 1 fully saturated rings. The van der Waals surface area contributed by atoms with Crippen LogP contribution in [0.2, 0.25) is 0 Å². The van der Waals surface area contributed by atoms with Crippen LogP contribution in [-0.2, 0) is 6.54 Å². The van der Waals surface area contributed by atoms with Crippen molar-refractivity contribution >= 4 is 11.3 Å². The number of ether oxygens (including phenoxy) is 2. The van der Waals surface area contributed by atoms with Gasteiger partial charge in [0.15, 0.2) is 11.5 Å². The molecule has 25 heavy (non-hydrogen) atoms. The number of likely N-dealkylation sites (tertiary alicyclic amines) is 1. The molecule has 5 nitrogen and oxygen atoms in total. The molecule has 0 unspecified atom stereocenters. The van der Waals surface area contributed by atoms with Crippen molar-refractivity contribution in [3.05, 3.63) is 29.3 Å². The minimum atomic E-state index is -0.682. The molecule has 1 N–H and O–H groups in total. The molecule has 1 aliphatic rings. The van der Waals surface area contributed by atoms with Gasteiger partial charge in [-0.05, 0) is 51.4 Å². The van der Waals surface area contributed by atoms with Gasteiger partial charge >= 0.3 is 0 Å². The first-order chi connectivity index (χ1) is 11.9. The second-order valence-electron chi connectivity index (χ2n) is 7.00. The predicted molar refractivity (Wildman–Crippen MR) is 100 cm³/mol. The molecule has 2 heterocycles. The third-order valence-corrected chi connectivity index (χ3v) is 5.67. The molecule has 0 amide bonds. The Morgan fingerprint density at radius 1 is 1.28 bits per heavy atom. The summed E-state index contributed by atoms with van der Waals surface area (Å²) in [5, 5.41) is 13.4. The second-order valence-corrected chi connectivity index (χ2v) is 7.85. The van der Waals surface area contributed by atoms with Gasteiger partial charge in [-0.15, -0.1) is 11.3 Å². The van der Waals surface area contributed by atoms with E-state index in [-0.39, 0.29) is 6.04 Å². The van der Waals surface area contributed by atoms with Crippen LogP contribution in [0.15, 0.2) is 23.6 Å². The molecule has 0 spiro atoms. The number of methoxy groups -OCH3 is 2. The third kappa shape index (κ3) is 3.97. The second kappa shape index (κ2) is 7.32. The van der Waals surface area contributed by atoms with E-state index in [2.05, 4.69) is 10.3 Å². The van der Waals surface area contributed by atoms with Crippen LogP contribution in [0.1, 0.15) is 32.4 Å². The van der Waals surface area contributed by atoms with E-state index in [1.54, 1.807) is 25.6 Å². The average molecular weight is 362 g/mol. The van der Waals surface area contributed by atoms with Crippen molar-refractivity contribution in [2.45, 2.75) is 44.9 Å². The Bertz CT molecular complexity index is 724. The molecule has 0 aliphatic carbocycles. The molecule has 1 aliphatic heterocycles. The number of hydrogen-bond donors (Lipinski definition) is 1. The predicted octanol–water partition coefficient (Wildman–Crippen LogP) is 3.56. The van der Waals surface area contributed by atoms with Gasteiger partial charge in [-0.25, -0.2) is 4.98 Å². The van der Waals surface area contributed by atoms with Gasteiger partial charge in [0, 0.05) is 23.5 Å². The highest BCUT2D eigenvalue weighted by atomic mass is 32.1. The van der Waals surface area contributed by atoms with Gasteiger partial charge in [0.1, 0.15) is 5.01 Å². The summed E-state index contributed by atoms with van der Waals surface area (Å²) in [7, 11) is 3.27. The summed E-state index contributed by atoms with van der Waals surface area (Å²) in [6, 6.07) is 6.05. The summed E-state index contributed by atoms with van der Waals surface area (Å²) in [5.74, 6) is 1.42. The number of hydrogen-bond acceptors (Lipinski definition) is 6. The van der Waals surface area contributed by atoms with Gasteiger partial charge in [-0.1, -0.05) is 0 Å². The van der Waals surface area contributed by atoms with E-state index in [4.69, 9.17) is 14.5 Å². The van der Waals surface area contributed by atoms with Gasteiger partial charge in [0.2, 0.25) is 0 Å². The first-order valence-electron chi connectivity index (χ1n) is 8.55. The standard InChI is InChI=1S/C19H26N2O3S/c1-19(2,22)17-6-5-9-21(17)11-14-12-25-18(20-14)13-7-8-15(23-3)16(10-13)24-4/h7-8,10,12,17,22H,5-6,9,11H2,1-4H3/t17-/m0/s1. The van der Waals surface area contributed by atoms with E-state index in [1.807, 2.05) is 32.0 Å². The summed E-state index contributed by atoms with van der Waals surface area (Å²) < 4.78 is 10.7. The molecule has 136 valence electrons. The van der Waals surface area contributed by atoms with Crippen LogP contribution in [-0.4, -0.2) is 47.4 Å². The van der Waals surface area contributed by atoms with E-state index >= 15 is 0 Å². The Hall–Kier alpha value is -1.63. The quantitative estimate of drug-likeness (QED) is 0.851. The van der Waals surface area contributed by atoms with Crippen LogP contribution in [0.5, 0.6) is 11.5 Å². The van der Waals surface area contributed by atoms with Crippen LogP contribution in [0.3, 0.4) is 0 Å². The van der Waals surface area contributed by atoms with Crippen molar-refractivity contribution in [1.29, 1.82) is 0 Å². The lowest BCUT2D eigenvalue weighted by Crippen LogP contribution is -2.45. The smallest absolute Gasteiger partial charge is 0.161 e. The van der Waals surface area contributed by atoms with Gasteiger partial charge in [0.25, 0.3) is 0 Å². The summed E-state index contributed by atoms with van der Waals surface area (Å²) in [4.78, 5) is 7.13. The molecular formula is C19H26N2O3S. The lowest BCUT2D eigenvalue weighted by atomic mass is 9.96. The Labute approximate surface area is 153 Å². The zero-order valence-electron chi connectivity index (χ0n) is 15.3. The summed E-state index contributed by atoms with van der Waals surface area (Å²) >= 11 is 1.63. The summed E-state index contributed by atoms with van der Waals surface area (Å²) in [5.41, 5.74) is 1.39. The normalized spacial score (nSPS) is 18.5. The fourth-order valence-electron chi connectivity index (χ4n) is 3.50. The molecule has 6 heteroatoms. The van der Waals surface area contributed by atoms with Crippen LogP contribution in [0.25, 0.3) is 10.6 Å². The van der Waals surface area contributed by atoms with Gasteiger partial charge in [0.05, 0.1) is 25.5 Å². The van der Waals surface area contributed by atoms with E-state index in [0.29, 0.717) is 11.5 Å². The Morgan fingerprint density at radius 3 is 2.72 bits per heavy atom. The van der Waals surface area contributed by atoms with Crippen molar-refractivity contribution in [3.63, 3.8) is 0 Å². The lowest BCUT2D eigenvalue weighted by molar-refractivity contribution is -0.00530. The fraction of sp³-hybridized carbons (Fsp3) is 0.526. The maximum Gasteiger partial charge on any atom is 0.161 e. The number of rotatable bonds is 6. The highest BCUT2D eigenvalue weighted by Crippen LogP contribution is 2.34. The molecule has 1 atom stereocenters. The number of benzene rings is 1. The van der Waals surface area contributed by atoms with Gasteiger partial charge in [-0.3, -0.25) is 4.90 Å². The van der Waals surface area contributed by atoms with Crippen molar-refractivity contribution in [2.75, 3.05) is 20.8 Å². The number of nitrogens with zero attached hydrogens (tertiary/aromatic N) is 2. The maximum atomic E-state index is 10.4. The van der Waals surface area contributed by atoms with Crippen molar-refractivity contribution in [2.24, 2.45) is 0 Å². The molecule has 0 radical (unpaired) electrons. The van der Waals surface area contributed by atoms with E-state index < -0.39 is 5.60 Å². The van der Waals surface area contributed by atoms with Crippen molar-refractivity contribution < 1.29 is 14.6 Å². The van der Waals surface area contributed by atoms with Crippen molar-refractivity contribution in [3.8, 4) is 22.1 Å². The highest BCUT2D eigenvalue weighted by molar-refractivity contribution is 7.13. The maximum absolute atomic E-state index is 10.4. The molecule has 0 saturated carbocycles. The molecular weight excluding hydrogens is 336 g/mol. The lowest BCUT2D eigenvalue weighted by Gasteiger charge is -2.33. The van der Waals surface area contributed by atoms with E-state index in [9.17, 15) is 5.11 Å². The SMILES string of the molecule is COc1ccc(-c2nc(CN3CCC[C@H]3C(C)(C)O)cs2)cc1OC. The molecule has 1 aromatic carbocycles. The van der Waals surface area contributed by atoms with Crippen LogP contribution in [0, 0.1) is 0 Å².